The summed E-state index contributed by atoms with van der Waals surface area (Å²) >= 11 is 1.80. The van der Waals surface area contributed by atoms with Gasteiger partial charge in [-0.25, -0.2) is 15.0 Å². The molecule has 0 fully saturated rings. The van der Waals surface area contributed by atoms with Crippen LogP contribution >= 0.6 is 11.3 Å². The van der Waals surface area contributed by atoms with Crippen LogP contribution in [-0.4, -0.2) is 15.0 Å². The summed E-state index contributed by atoms with van der Waals surface area (Å²) in [4.78, 5) is 15.2. The summed E-state index contributed by atoms with van der Waals surface area (Å²) in [6.45, 7) is 0. The van der Waals surface area contributed by atoms with E-state index < -0.39 is 0 Å². The number of benzene rings is 7. The molecule has 230 valence electrons. The molecule has 0 saturated carbocycles. The first-order valence-electron chi connectivity index (χ1n) is 16.4. The van der Waals surface area contributed by atoms with Gasteiger partial charge in [0, 0.05) is 36.9 Å². The van der Waals surface area contributed by atoms with Crippen molar-refractivity contribution in [2.24, 2.45) is 0 Å². The van der Waals surface area contributed by atoms with Gasteiger partial charge in [0.2, 0.25) is 0 Å². The highest BCUT2D eigenvalue weighted by molar-refractivity contribution is 7.26. The number of thiophene rings is 1. The number of fused-ring (bicyclic) bond motifs is 3. The van der Waals surface area contributed by atoms with Crippen LogP contribution in [0.2, 0.25) is 0 Å². The number of rotatable bonds is 6. The Morgan fingerprint density at radius 1 is 0.306 bits per heavy atom. The Balaban J connectivity index is 1.17. The molecular weight excluding hydrogens is 615 g/mol. The van der Waals surface area contributed by atoms with Crippen molar-refractivity contribution in [1.29, 1.82) is 0 Å². The van der Waals surface area contributed by atoms with E-state index in [0.29, 0.717) is 17.5 Å². The highest BCUT2D eigenvalue weighted by atomic mass is 32.1. The third-order valence-corrected chi connectivity index (χ3v) is 10.1. The van der Waals surface area contributed by atoms with Crippen molar-refractivity contribution in [3.8, 4) is 67.5 Å². The van der Waals surface area contributed by atoms with E-state index in [1.54, 1.807) is 11.3 Å². The maximum Gasteiger partial charge on any atom is 0.164 e. The lowest BCUT2D eigenvalue weighted by molar-refractivity contribution is 1.08. The van der Waals surface area contributed by atoms with Gasteiger partial charge < -0.3 is 0 Å². The predicted octanol–water partition coefficient (Wildman–Crippen LogP) is 12.2. The Morgan fingerprint density at radius 3 is 1.31 bits per heavy atom. The fourth-order valence-electron chi connectivity index (χ4n) is 6.46. The highest BCUT2D eigenvalue weighted by Gasteiger charge is 2.17. The van der Waals surface area contributed by atoms with Crippen molar-refractivity contribution in [2.75, 3.05) is 0 Å². The van der Waals surface area contributed by atoms with Crippen LogP contribution in [0.15, 0.2) is 176 Å². The summed E-state index contributed by atoms with van der Waals surface area (Å²) in [5.74, 6) is 1.97. The number of aromatic nitrogens is 3. The minimum atomic E-state index is 0.652. The van der Waals surface area contributed by atoms with Crippen molar-refractivity contribution in [2.45, 2.75) is 0 Å². The average molecular weight is 644 g/mol. The van der Waals surface area contributed by atoms with Gasteiger partial charge in [0.1, 0.15) is 0 Å². The van der Waals surface area contributed by atoms with E-state index >= 15 is 0 Å². The lowest BCUT2D eigenvalue weighted by Crippen LogP contribution is -2.00. The molecule has 49 heavy (non-hydrogen) atoms. The molecule has 0 atom stereocenters. The van der Waals surface area contributed by atoms with Crippen LogP contribution in [0.1, 0.15) is 0 Å². The number of hydrogen-bond acceptors (Lipinski definition) is 4. The lowest BCUT2D eigenvalue weighted by Gasteiger charge is -2.10. The molecule has 0 aliphatic carbocycles. The van der Waals surface area contributed by atoms with Gasteiger partial charge in [-0.15, -0.1) is 11.3 Å². The Kier molecular flexibility index (Phi) is 7.34. The van der Waals surface area contributed by atoms with Gasteiger partial charge in [0.25, 0.3) is 0 Å². The van der Waals surface area contributed by atoms with Crippen molar-refractivity contribution < 1.29 is 0 Å². The van der Waals surface area contributed by atoms with E-state index in [1.807, 2.05) is 24.3 Å². The fourth-order valence-corrected chi connectivity index (χ4v) is 7.58. The zero-order valence-electron chi connectivity index (χ0n) is 26.5. The first-order chi connectivity index (χ1) is 24.3. The first-order valence-corrected chi connectivity index (χ1v) is 17.2. The summed E-state index contributed by atoms with van der Waals surface area (Å²) in [6, 6.07) is 61.6. The SMILES string of the molecule is c1ccc(-c2ccc(-c3ccc4sc5cccc(-c6nc(-c7ccccc7)nc(-c7ccc(-c8ccccc8)cc7)n6)c5c4c3)cc2)cc1. The van der Waals surface area contributed by atoms with Crippen molar-refractivity contribution in [3.05, 3.63) is 176 Å². The second-order valence-electron chi connectivity index (χ2n) is 12.1. The van der Waals surface area contributed by atoms with E-state index in [2.05, 4.69) is 152 Å². The Labute approximate surface area is 288 Å². The maximum atomic E-state index is 5.14. The molecular formula is C45H29N3S. The molecule has 0 N–H and O–H groups in total. The molecule has 4 heteroatoms. The summed E-state index contributed by atoms with van der Waals surface area (Å²) in [5, 5.41) is 2.37. The summed E-state index contributed by atoms with van der Waals surface area (Å²) in [5.41, 5.74) is 10.0. The van der Waals surface area contributed by atoms with E-state index in [1.165, 1.54) is 48.0 Å². The third kappa shape index (κ3) is 5.58. The molecule has 9 rings (SSSR count). The smallest absolute Gasteiger partial charge is 0.164 e. The highest BCUT2D eigenvalue weighted by Crippen LogP contribution is 2.41. The molecule has 2 aromatic heterocycles. The molecule has 2 heterocycles. The molecule has 0 bridgehead atoms. The van der Waals surface area contributed by atoms with E-state index in [4.69, 9.17) is 15.0 Å². The molecule has 3 nitrogen and oxygen atoms in total. The molecule has 0 aliphatic heterocycles. The molecule has 9 aromatic rings. The van der Waals surface area contributed by atoms with Crippen molar-refractivity contribution >= 4 is 31.5 Å². The monoisotopic (exact) mass is 643 g/mol. The van der Waals surface area contributed by atoms with Crippen LogP contribution in [0.4, 0.5) is 0 Å². The van der Waals surface area contributed by atoms with Gasteiger partial charge in [-0.05, 0) is 51.6 Å². The minimum absolute atomic E-state index is 0.652. The molecule has 0 unspecified atom stereocenters. The van der Waals surface area contributed by atoms with Crippen LogP contribution in [0.5, 0.6) is 0 Å². The van der Waals surface area contributed by atoms with Gasteiger partial charge >= 0.3 is 0 Å². The van der Waals surface area contributed by atoms with Crippen LogP contribution in [0, 0.1) is 0 Å². The second-order valence-corrected chi connectivity index (χ2v) is 13.1. The quantitative estimate of drug-likeness (QED) is 0.181. The van der Waals surface area contributed by atoms with Crippen LogP contribution in [0.25, 0.3) is 87.7 Å². The first kappa shape index (κ1) is 29.0. The number of hydrogen-bond donors (Lipinski definition) is 0. The second kappa shape index (κ2) is 12.4. The number of nitrogens with zero attached hydrogens (tertiary/aromatic N) is 3. The van der Waals surface area contributed by atoms with Gasteiger partial charge in [-0.2, -0.15) is 0 Å². The average Bonchev–Trinajstić information content (AvgIpc) is 3.57. The predicted molar refractivity (Wildman–Crippen MR) is 205 cm³/mol. The van der Waals surface area contributed by atoms with Gasteiger partial charge in [0.15, 0.2) is 17.5 Å². The van der Waals surface area contributed by atoms with Crippen molar-refractivity contribution in [1.82, 2.24) is 15.0 Å². The van der Waals surface area contributed by atoms with Crippen LogP contribution in [0.3, 0.4) is 0 Å². The summed E-state index contributed by atoms with van der Waals surface area (Å²) < 4.78 is 2.45. The maximum absolute atomic E-state index is 5.14. The molecule has 0 amide bonds. The Bertz CT molecular complexity index is 2560. The van der Waals surface area contributed by atoms with Gasteiger partial charge in [-0.1, -0.05) is 158 Å². The van der Waals surface area contributed by atoms with Gasteiger partial charge in [-0.3, -0.25) is 0 Å². The Morgan fingerprint density at radius 2 is 0.735 bits per heavy atom. The molecule has 0 saturated heterocycles. The third-order valence-electron chi connectivity index (χ3n) is 8.98. The molecule has 7 aromatic carbocycles. The van der Waals surface area contributed by atoms with Crippen LogP contribution < -0.4 is 0 Å². The van der Waals surface area contributed by atoms with Crippen molar-refractivity contribution in [3.63, 3.8) is 0 Å². The fraction of sp³-hybridized carbons (Fsp3) is 0. The Hall–Kier alpha value is -6.23. The molecule has 0 aliphatic rings. The van der Waals surface area contributed by atoms with E-state index in [-0.39, 0.29) is 0 Å². The lowest BCUT2D eigenvalue weighted by atomic mass is 9.98. The van der Waals surface area contributed by atoms with Crippen LogP contribution in [-0.2, 0) is 0 Å². The summed E-state index contributed by atoms with van der Waals surface area (Å²) in [7, 11) is 0. The molecule has 0 spiro atoms. The topological polar surface area (TPSA) is 38.7 Å². The van der Waals surface area contributed by atoms with Gasteiger partial charge in [0.05, 0.1) is 0 Å². The minimum Gasteiger partial charge on any atom is -0.208 e. The zero-order chi connectivity index (χ0) is 32.6. The summed E-state index contributed by atoms with van der Waals surface area (Å²) in [6.07, 6.45) is 0. The van der Waals surface area contributed by atoms with E-state index in [9.17, 15) is 0 Å². The van der Waals surface area contributed by atoms with E-state index in [0.717, 1.165) is 22.3 Å². The normalized spacial score (nSPS) is 11.3. The molecule has 0 radical (unpaired) electrons. The zero-order valence-corrected chi connectivity index (χ0v) is 27.3. The standard InChI is InChI=1S/C45H29N3S/c1-4-11-30(12-5-1)32-19-21-34(22-20-32)37-27-28-40-39(29-37)42-38(17-10-18-41(42)49-40)45-47-43(35-15-8-3-9-16-35)46-44(48-45)36-25-23-33(24-26-36)31-13-6-2-7-14-31/h1-29H. The largest absolute Gasteiger partial charge is 0.208 e.